The van der Waals surface area contributed by atoms with Gasteiger partial charge in [0.05, 0.1) is 23.9 Å². The highest BCUT2D eigenvalue weighted by Gasteiger charge is 2.78. The van der Waals surface area contributed by atoms with Crippen LogP contribution in [0.1, 0.15) is 57.8 Å². The fourth-order valence-corrected chi connectivity index (χ4v) is 8.76. The number of ether oxygens (including phenoxy) is 2. The third-order valence-corrected chi connectivity index (χ3v) is 9.96. The fourth-order valence-electron chi connectivity index (χ4n) is 8.76. The number of likely N-dealkylation sites (N-methyl/N-ethyl adjacent to an activating group) is 1. The Labute approximate surface area is 191 Å². The number of nitrogens with one attached hydrogen (secondary N) is 1. The molecular formula is C24H41N3O5. The normalized spacial score (nSPS) is 48.3. The maximum Gasteiger partial charge on any atom is 0.320 e. The van der Waals surface area contributed by atoms with Crippen LogP contribution in [-0.2, 0) is 14.3 Å². The van der Waals surface area contributed by atoms with Crippen LogP contribution in [-0.4, -0.2) is 90.4 Å². The van der Waals surface area contributed by atoms with Crippen LogP contribution in [0.25, 0.3) is 0 Å². The lowest BCUT2D eigenvalue weighted by Crippen LogP contribution is -2.78. The van der Waals surface area contributed by atoms with E-state index in [1.807, 2.05) is 7.11 Å². The molecule has 0 aromatic heterocycles. The van der Waals surface area contributed by atoms with Crippen molar-refractivity contribution in [3.8, 4) is 0 Å². The molecule has 1 spiro atoms. The summed E-state index contributed by atoms with van der Waals surface area (Å²) in [4.78, 5) is 14.5. The van der Waals surface area contributed by atoms with Crippen molar-refractivity contribution in [2.75, 3.05) is 27.2 Å². The van der Waals surface area contributed by atoms with Crippen LogP contribution in [0.3, 0.4) is 0 Å². The maximum absolute atomic E-state index is 12.1. The second-order valence-corrected chi connectivity index (χ2v) is 11.1. The number of unbranched alkanes of at least 4 members (excludes halogenated alkanes) is 1. The number of aliphatic hydroxyl groups is 1. The van der Waals surface area contributed by atoms with Gasteiger partial charge in [0.2, 0.25) is 0 Å². The molecule has 5 rings (SSSR count). The molecule has 10 atom stereocenters. The number of rotatable bonds is 8. The number of hydrogen-bond acceptors (Lipinski definition) is 7. The molecule has 8 nitrogen and oxygen atoms in total. The van der Waals surface area contributed by atoms with Crippen LogP contribution >= 0.6 is 0 Å². The predicted molar refractivity (Wildman–Crippen MR) is 119 cm³/mol. The number of nitrogens with zero attached hydrogens (tertiary/aromatic N) is 1. The fraction of sp³-hybridized carbons (Fsp3) is 0.958. The zero-order chi connectivity index (χ0) is 22.7. The number of piperidine rings is 1. The first kappa shape index (κ1) is 23.0. The van der Waals surface area contributed by atoms with Crippen molar-refractivity contribution in [2.45, 2.75) is 99.8 Å². The smallest absolute Gasteiger partial charge is 0.320 e. The van der Waals surface area contributed by atoms with Crippen molar-refractivity contribution >= 4 is 5.97 Å². The molecule has 5 fully saturated rings. The minimum atomic E-state index is -0.804. The van der Waals surface area contributed by atoms with Crippen molar-refractivity contribution in [1.82, 2.24) is 10.2 Å². The molecule has 2 heterocycles. The van der Waals surface area contributed by atoms with Gasteiger partial charge in [0.15, 0.2) is 0 Å². The predicted octanol–water partition coefficient (Wildman–Crippen LogP) is 0.955. The molecule has 5 unspecified atom stereocenters. The van der Waals surface area contributed by atoms with E-state index in [1.54, 1.807) is 0 Å². The average molecular weight is 452 g/mol. The van der Waals surface area contributed by atoms with Crippen LogP contribution in [0.15, 0.2) is 0 Å². The van der Waals surface area contributed by atoms with E-state index < -0.39 is 18.1 Å². The number of methoxy groups -OCH3 is 1. The van der Waals surface area contributed by atoms with E-state index in [0.29, 0.717) is 24.9 Å². The molecule has 5 N–H and O–H groups in total. The molecule has 0 aromatic carbocycles. The van der Waals surface area contributed by atoms with Crippen LogP contribution in [0.5, 0.6) is 0 Å². The lowest BCUT2D eigenvalue weighted by molar-refractivity contribution is -0.269. The topological polar surface area (TPSA) is 117 Å². The molecule has 0 aromatic rings. The van der Waals surface area contributed by atoms with E-state index in [0.717, 1.165) is 57.9 Å². The molecule has 3 aliphatic carbocycles. The highest BCUT2D eigenvalue weighted by Crippen LogP contribution is 2.70. The first-order chi connectivity index (χ1) is 15.4. The summed E-state index contributed by atoms with van der Waals surface area (Å²) in [7, 11) is 4.08. The van der Waals surface area contributed by atoms with Gasteiger partial charge >= 0.3 is 5.97 Å². The number of carboxylic acids is 1. The summed E-state index contributed by atoms with van der Waals surface area (Å²) in [6.45, 7) is 1.58. The van der Waals surface area contributed by atoms with Crippen molar-refractivity contribution in [2.24, 2.45) is 23.0 Å². The number of nitrogens with two attached hydrogens (primary N) is 1. The van der Waals surface area contributed by atoms with Gasteiger partial charge in [0.25, 0.3) is 0 Å². The van der Waals surface area contributed by atoms with Crippen LogP contribution in [0, 0.1) is 17.3 Å². The summed E-state index contributed by atoms with van der Waals surface area (Å²) >= 11 is 0. The van der Waals surface area contributed by atoms with E-state index in [4.69, 9.17) is 15.2 Å². The van der Waals surface area contributed by atoms with Gasteiger partial charge in [0.1, 0.15) is 6.04 Å². The van der Waals surface area contributed by atoms with E-state index >= 15 is 0 Å². The molecule has 182 valence electrons. The van der Waals surface area contributed by atoms with Gasteiger partial charge in [-0.3, -0.25) is 10.1 Å². The zero-order valence-corrected chi connectivity index (χ0v) is 19.5. The number of carbonyl (C=O) groups is 1. The average Bonchev–Trinajstić information content (AvgIpc) is 3.14. The Hall–Kier alpha value is -0.770. The standard InChI is InChI=1S/C24H41N3O5/c1-27-12-10-23-19-14-6-7-17(28)20(19)32-21(23)15(8-9-24(23,31-2)18(27)13-14)26-16(22(29)30)5-3-4-11-25/h14-21,26,28H,3-13,25H2,1-2H3,(H,29,30)/t14?,15-,16+,17?,18?,19?,20?,21+,23+,24-/m1/s1. The Morgan fingerprint density at radius 3 is 2.84 bits per heavy atom. The van der Waals surface area contributed by atoms with Gasteiger partial charge < -0.3 is 30.3 Å². The largest absolute Gasteiger partial charge is 0.480 e. The van der Waals surface area contributed by atoms with E-state index in [2.05, 4.69) is 17.3 Å². The van der Waals surface area contributed by atoms with Crippen molar-refractivity contribution in [3.63, 3.8) is 0 Å². The van der Waals surface area contributed by atoms with Gasteiger partial charge in [-0.25, -0.2) is 0 Å². The Morgan fingerprint density at radius 1 is 1.31 bits per heavy atom. The Balaban J connectivity index is 1.50. The Morgan fingerprint density at radius 2 is 2.12 bits per heavy atom. The first-order valence-corrected chi connectivity index (χ1v) is 12.7. The van der Waals surface area contributed by atoms with Gasteiger partial charge in [-0.2, -0.15) is 0 Å². The van der Waals surface area contributed by atoms with Crippen molar-refractivity contribution in [3.05, 3.63) is 0 Å². The first-order valence-electron chi connectivity index (χ1n) is 12.7. The third kappa shape index (κ3) is 3.06. The summed E-state index contributed by atoms with van der Waals surface area (Å²) in [6.07, 6.45) is 7.10. The Kier molecular flexibility index (Phi) is 6.08. The molecule has 2 saturated heterocycles. The molecule has 2 bridgehead atoms. The number of carboxylic acid groups (broad SMARTS) is 1. The van der Waals surface area contributed by atoms with Crippen LogP contribution < -0.4 is 11.1 Å². The van der Waals surface area contributed by atoms with E-state index in [-0.39, 0.29) is 35.2 Å². The molecule has 32 heavy (non-hydrogen) atoms. The number of likely N-dealkylation sites (tertiary alicyclic amines) is 1. The van der Waals surface area contributed by atoms with Crippen LogP contribution in [0.2, 0.25) is 0 Å². The summed E-state index contributed by atoms with van der Waals surface area (Å²) in [6, 6.07) is -0.295. The molecular weight excluding hydrogens is 410 g/mol. The second kappa shape index (κ2) is 8.47. The van der Waals surface area contributed by atoms with Crippen molar-refractivity contribution < 1.29 is 24.5 Å². The van der Waals surface area contributed by atoms with Crippen LogP contribution in [0.4, 0.5) is 0 Å². The Bertz CT molecular complexity index is 724. The summed E-state index contributed by atoms with van der Waals surface area (Å²) in [5.41, 5.74) is 5.15. The van der Waals surface area contributed by atoms with Gasteiger partial charge in [-0.05, 0) is 77.4 Å². The number of aliphatic carboxylic acids is 1. The molecule has 2 aliphatic heterocycles. The minimum Gasteiger partial charge on any atom is -0.480 e. The molecule has 0 radical (unpaired) electrons. The molecule has 0 amide bonds. The third-order valence-electron chi connectivity index (χ3n) is 9.96. The van der Waals surface area contributed by atoms with E-state index in [9.17, 15) is 15.0 Å². The number of hydrogen-bond donors (Lipinski definition) is 4. The summed E-state index contributed by atoms with van der Waals surface area (Å²) in [5, 5.41) is 24.4. The van der Waals surface area contributed by atoms with Gasteiger partial charge in [0, 0.05) is 30.5 Å². The summed E-state index contributed by atoms with van der Waals surface area (Å²) in [5.74, 6) is 0.00981. The number of aliphatic hydroxyl groups excluding tert-OH is 1. The minimum absolute atomic E-state index is 0.0437. The molecule has 5 aliphatic rings. The van der Waals surface area contributed by atoms with Gasteiger partial charge in [-0.15, -0.1) is 0 Å². The van der Waals surface area contributed by atoms with E-state index in [1.165, 1.54) is 0 Å². The lowest BCUT2D eigenvalue weighted by atomic mass is 9.42. The lowest BCUT2D eigenvalue weighted by Gasteiger charge is -2.69. The second-order valence-electron chi connectivity index (χ2n) is 11.1. The molecule has 3 saturated carbocycles. The molecule has 8 heteroatoms. The summed E-state index contributed by atoms with van der Waals surface area (Å²) < 4.78 is 13.3. The monoisotopic (exact) mass is 451 g/mol. The van der Waals surface area contributed by atoms with Gasteiger partial charge in [-0.1, -0.05) is 6.42 Å². The zero-order valence-electron chi connectivity index (χ0n) is 19.5. The highest BCUT2D eigenvalue weighted by molar-refractivity contribution is 5.73. The highest BCUT2D eigenvalue weighted by atomic mass is 16.5. The quantitative estimate of drug-likeness (QED) is 0.403. The van der Waals surface area contributed by atoms with Crippen molar-refractivity contribution in [1.29, 1.82) is 0 Å². The SMILES string of the molecule is CO[C@]12CC[C@@H](N[C@@H](CCCCN)C(=O)O)[C@@H]3OC4C(O)CCC5CC1N(C)CC[C@]32C54. The maximum atomic E-state index is 12.1.